The van der Waals surface area contributed by atoms with Crippen molar-refractivity contribution in [2.75, 3.05) is 7.11 Å². The number of unbranched alkanes of at least 4 members (excludes halogenated alkanes) is 1. The number of hydrogen-bond acceptors (Lipinski definition) is 2. The van der Waals surface area contributed by atoms with Crippen molar-refractivity contribution in [2.24, 2.45) is 7.05 Å². The third kappa shape index (κ3) is 2.87. The Morgan fingerprint density at radius 2 is 2.10 bits per heavy atom. The van der Waals surface area contributed by atoms with E-state index in [4.69, 9.17) is 4.74 Å². The number of benzene rings is 1. The minimum atomic E-state index is 0.0348. The van der Waals surface area contributed by atoms with Gasteiger partial charge in [-0.1, -0.05) is 25.5 Å². The molecule has 0 spiro atoms. The van der Waals surface area contributed by atoms with Crippen molar-refractivity contribution in [3.63, 3.8) is 0 Å². The van der Waals surface area contributed by atoms with Crippen molar-refractivity contribution in [1.82, 2.24) is 4.57 Å². The van der Waals surface area contributed by atoms with Gasteiger partial charge >= 0.3 is 0 Å². The van der Waals surface area contributed by atoms with E-state index in [2.05, 4.69) is 13.0 Å². The van der Waals surface area contributed by atoms with Crippen molar-refractivity contribution >= 4 is 17.0 Å². The number of ether oxygens (including phenoxy) is 1. The molecule has 1 aromatic heterocycles. The predicted octanol–water partition coefficient (Wildman–Crippen LogP) is 3.92. The molecule has 21 heavy (non-hydrogen) atoms. The van der Waals surface area contributed by atoms with Gasteiger partial charge < -0.3 is 9.30 Å². The first-order valence-electron chi connectivity index (χ1n) is 7.46. The molecule has 2 aromatic rings. The first-order chi connectivity index (χ1) is 10.1. The number of aromatic nitrogens is 1. The fourth-order valence-corrected chi connectivity index (χ4v) is 2.72. The van der Waals surface area contributed by atoms with Gasteiger partial charge in [-0.3, -0.25) is 4.79 Å². The zero-order valence-corrected chi connectivity index (χ0v) is 13.3. The Morgan fingerprint density at radius 3 is 2.71 bits per heavy atom. The van der Waals surface area contributed by atoms with Crippen LogP contribution in [0.3, 0.4) is 0 Å². The van der Waals surface area contributed by atoms with Gasteiger partial charge in [0.1, 0.15) is 5.75 Å². The van der Waals surface area contributed by atoms with Crippen molar-refractivity contribution in [3.8, 4) is 5.75 Å². The maximum absolute atomic E-state index is 12.3. The minimum absolute atomic E-state index is 0.0348. The summed E-state index contributed by atoms with van der Waals surface area (Å²) in [5, 5.41) is 1.14. The summed E-state index contributed by atoms with van der Waals surface area (Å²) in [7, 11) is 3.48. The van der Waals surface area contributed by atoms with E-state index in [9.17, 15) is 4.79 Å². The molecule has 0 amide bonds. The van der Waals surface area contributed by atoms with Gasteiger partial charge in [-0.2, -0.15) is 0 Å². The molecule has 0 fully saturated rings. The SMILES string of the molecule is CC=Cc1c(OC)ccc2c(CCCC)cc(=O)n(C)c12. The second-order valence-corrected chi connectivity index (χ2v) is 5.25. The molecule has 1 heterocycles. The van der Waals surface area contributed by atoms with Crippen molar-refractivity contribution in [3.05, 3.63) is 45.8 Å². The summed E-state index contributed by atoms with van der Waals surface area (Å²) >= 11 is 0. The normalized spacial score (nSPS) is 11.4. The molecule has 0 aliphatic rings. The molecular formula is C18H23NO2. The van der Waals surface area contributed by atoms with E-state index in [1.54, 1.807) is 17.7 Å². The number of methoxy groups -OCH3 is 1. The highest BCUT2D eigenvalue weighted by molar-refractivity contribution is 5.92. The fourth-order valence-electron chi connectivity index (χ4n) is 2.72. The summed E-state index contributed by atoms with van der Waals surface area (Å²) in [4.78, 5) is 12.3. The summed E-state index contributed by atoms with van der Waals surface area (Å²) in [5.74, 6) is 0.795. The van der Waals surface area contributed by atoms with Gasteiger partial charge in [0.2, 0.25) is 0 Å². The van der Waals surface area contributed by atoms with E-state index in [0.717, 1.165) is 47.0 Å². The minimum Gasteiger partial charge on any atom is -0.496 e. The average Bonchev–Trinajstić information content (AvgIpc) is 2.49. The quantitative estimate of drug-likeness (QED) is 0.833. The smallest absolute Gasteiger partial charge is 0.251 e. The lowest BCUT2D eigenvalue weighted by Crippen LogP contribution is -2.18. The van der Waals surface area contributed by atoms with Gasteiger partial charge in [0.25, 0.3) is 5.56 Å². The van der Waals surface area contributed by atoms with E-state index in [-0.39, 0.29) is 5.56 Å². The van der Waals surface area contributed by atoms with Crippen LogP contribution >= 0.6 is 0 Å². The standard InChI is InChI=1S/C18H23NO2/c1-5-7-9-13-12-17(20)19(3)18-14(13)10-11-16(21-4)15(18)8-6-2/h6,8,10-12H,5,7,9H2,1-4H3. The van der Waals surface area contributed by atoms with Crippen LogP contribution in [0.15, 0.2) is 29.1 Å². The van der Waals surface area contributed by atoms with Crippen LogP contribution in [-0.4, -0.2) is 11.7 Å². The molecule has 0 saturated carbocycles. The number of aryl methyl sites for hydroxylation is 2. The summed E-state index contributed by atoms with van der Waals surface area (Å²) in [6.07, 6.45) is 7.12. The Morgan fingerprint density at radius 1 is 1.33 bits per heavy atom. The lowest BCUT2D eigenvalue weighted by atomic mass is 9.99. The maximum atomic E-state index is 12.3. The second kappa shape index (κ2) is 6.61. The largest absolute Gasteiger partial charge is 0.496 e. The first-order valence-corrected chi connectivity index (χ1v) is 7.46. The highest BCUT2D eigenvalue weighted by Gasteiger charge is 2.13. The molecule has 1 aromatic carbocycles. The zero-order chi connectivity index (χ0) is 15.4. The van der Waals surface area contributed by atoms with Crippen molar-refractivity contribution in [1.29, 1.82) is 0 Å². The maximum Gasteiger partial charge on any atom is 0.251 e. The van der Waals surface area contributed by atoms with Crippen LogP contribution in [0.2, 0.25) is 0 Å². The number of rotatable bonds is 5. The fraction of sp³-hybridized carbons (Fsp3) is 0.389. The molecule has 0 radical (unpaired) electrons. The van der Waals surface area contributed by atoms with Gasteiger partial charge in [0.05, 0.1) is 12.6 Å². The van der Waals surface area contributed by atoms with E-state index in [0.29, 0.717) is 0 Å². The van der Waals surface area contributed by atoms with Crippen LogP contribution in [0.25, 0.3) is 17.0 Å². The average molecular weight is 285 g/mol. The monoisotopic (exact) mass is 285 g/mol. The molecule has 0 N–H and O–H groups in total. The highest BCUT2D eigenvalue weighted by Crippen LogP contribution is 2.30. The highest BCUT2D eigenvalue weighted by atomic mass is 16.5. The van der Waals surface area contributed by atoms with Gasteiger partial charge in [-0.25, -0.2) is 0 Å². The zero-order valence-electron chi connectivity index (χ0n) is 13.3. The molecule has 0 aliphatic heterocycles. The summed E-state index contributed by atoms with van der Waals surface area (Å²) in [6, 6.07) is 5.81. The Kier molecular flexibility index (Phi) is 4.84. The van der Waals surface area contributed by atoms with Gasteiger partial charge in [0.15, 0.2) is 0 Å². The lowest BCUT2D eigenvalue weighted by molar-refractivity contribution is 0.414. The molecule has 112 valence electrons. The van der Waals surface area contributed by atoms with E-state index in [1.165, 1.54) is 0 Å². The molecule has 3 nitrogen and oxygen atoms in total. The van der Waals surface area contributed by atoms with Crippen LogP contribution in [0.1, 0.15) is 37.8 Å². The summed E-state index contributed by atoms with van der Waals surface area (Å²) in [6.45, 7) is 4.13. The summed E-state index contributed by atoms with van der Waals surface area (Å²) < 4.78 is 7.17. The van der Waals surface area contributed by atoms with Crippen LogP contribution in [0.4, 0.5) is 0 Å². The van der Waals surface area contributed by atoms with Crippen LogP contribution < -0.4 is 10.3 Å². The Balaban J connectivity index is 2.84. The van der Waals surface area contributed by atoms with Gasteiger partial charge in [-0.05, 0) is 37.5 Å². The Labute approximate surface area is 125 Å². The molecule has 0 unspecified atom stereocenters. The van der Waals surface area contributed by atoms with Gasteiger partial charge in [0, 0.05) is 24.1 Å². The number of hydrogen-bond donors (Lipinski definition) is 0. The molecule has 0 aliphatic carbocycles. The molecule has 3 heteroatoms. The van der Waals surface area contributed by atoms with Crippen LogP contribution in [-0.2, 0) is 13.5 Å². The van der Waals surface area contributed by atoms with Crippen LogP contribution in [0.5, 0.6) is 5.75 Å². The number of pyridine rings is 1. The number of nitrogens with zero attached hydrogens (tertiary/aromatic N) is 1. The van der Waals surface area contributed by atoms with Crippen molar-refractivity contribution in [2.45, 2.75) is 33.1 Å². The number of fused-ring (bicyclic) bond motifs is 1. The van der Waals surface area contributed by atoms with Crippen molar-refractivity contribution < 1.29 is 4.74 Å². The molecule has 2 rings (SSSR count). The Hall–Kier alpha value is -2.03. The molecular weight excluding hydrogens is 262 g/mol. The Bertz CT molecular complexity index is 726. The third-order valence-corrected chi connectivity index (χ3v) is 3.84. The topological polar surface area (TPSA) is 31.2 Å². The molecule has 0 atom stereocenters. The van der Waals surface area contributed by atoms with Gasteiger partial charge in [-0.15, -0.1) is 0 Å². The predicted molar refractivity (Wildman–Crippen MR) is 89.1 cm³/mol. The van der Waals surface area contributed by atoms with E-state index in [1.807, 2.05) is 32.2 Å². The second-order valence-electron chi connectivity index (χ2n) is 5.25. The first kappa shape index (κ1) is 15.4. The van der Waals surface area contributed by atoms with Crippen LogP contribution in [0, 0.1) is 0 Å². The molecule has 0 bridgehead atoms. The molecule has 0 saturated heterocycles. The lowest BCUT2D eigenvalue weighted by Gasteiger charge is -2.15. The van der Waals surface area contributed by atoms with E-state index < -0.39 is 0 Å². The number of allylic oxidation sites excluding steroid dienone is 1. The van der Waals surface area contributed by atoms with E-state index >= 15 is 0 Å². The summed E-state index contributed by atoms with van der Waals surface area (Å²) in [5.41, 5.74) is 3.08. The third-order valence-electron chi connectivity index (χ3n) is 3.84.